The molecular weight excluding hydrogens is 440 g/mol. The molecule has 0 saturated carbocycles. The maximum atomic E-state index is 14.9. The zero-order valence-electron chi connectivity index (χ0n) is 17.1. The number of benzene rings is 2. The lowest BCUT2D eigenvalue weighted by molar-refractivity contribution is 0.0985. The summed E-state index contributed by atoms with van der Waals surface area (Å²) in [5.41, 5.74) is 1.71. The second kappa shape index (κ2) is 10.6. The SMILES string of the molecule is CCCSNc1ccc(F)c(C(=O)Cc2cc(-c3ccc(Cl)cc3)cnc2NC)c1F. The summed E-state index contributed by atoms with van der Waals surface area (Å²) in [4.78, 5) is 17.3. The molecule has 0 unspecified atom stereocenters. The third kappa shape index (κ3) is 5.54. The zero-order valence-corrected chi connectivity index (χ0v) is 18.7. The predicted molar refractivity (Wildman–Crippen MR) is 125 cm³/mol. The first-order valence-corrected chi connectivity index (χ1v) is 11.1. The van der Waals surface area contributed by atoms with Crippen molar-refractivity contribution in [1.82, 2.24) is 4.98 Å². The van der Waals surface area contributed by atoms with Crippen LogP contribution in [0, 0.1) is 11.6 Å². The summed E-state index contributed by atoms with van der Waals surface area (Å²) in [6.07, 6.45) is 2.36. The minimum atomic E-state index is -0.888. The topological polar surface area (TPSA) is 54.0 Å². The van der Waals surface area contributed by atoms with E-state index in [4.69, 9.17) is 11.6 Å². The van der Waals surface area contributed by atoms with Gasteiger partial charge in [0.25, 0.3) is 0 Å². The Hall–Kier alpha value is -2.64. The number of rotatable bonds is 9. The van der Waals surface area contributed by atoms with Crippen LogP contribution >= 0.6 is 23.5 Å². The largest absolute Gasteiger partial charge is 0.373 e. The first-order chi connectivity index (χ1) is 14.9. The molecule has 0 bridgehead atoms. The molecule has 0 aliphatic rings. The van der Waals surface area contributed by atoms with Gasteiger partial charge in [0.05, 0.1) is 11.3 Å². The molecular formula is C23H22ClF2N3OS. The molecule has 162 valence electrons. The molecule has 0 aliphatic carbocycles. The van der Waals surface area contributed by atoms with Crippen LogP contribution < -0.4 is 10.0 Å². The van der Waals surface area contributed by atoms with Crippen LogP contribution in [0.25, 0.3) is 11.1 Å². The van der Waals surface area contributed by atoms with Crippen molar-refractivity contribution in [2.24, 2.45) is 0 Å². The molecule has 0 spiro atoms. The fourth-order valence-electron chi connectivity index (χ4n) is 3.05. The molecule has 4 nitrogen and oxygen atoms in total. The molecule has 0 radical (unpaired) electrons. The maximum Gasteiger partial charge on any atom is 0.173 e. The zero-order chi connectivity index (χ0) is 22.4. The molecule has 2 N–H and O–H groups in total. The smallest absolute Gasteiger partial charge is 0.173 e. The monoisotopic (exact) mass is 461 g/mol. The molecule has 1 aromatic heterocycles. The Labute approximate surface area is 189 Å². The van der Waals surface area contributed by atoms with Gasteiger partial charge in [0.15, 0.2) is 11.6 Å². The molecule has 31 heavy (non-hydrogen) atoms. The van der Waals surface area contributed by atoms with Crippen molar-refractivity contribution in [3.05, 3.63) is 76.4 Å². The molecule has 0 fully saturated rings. The summed E-state index contributed by atoms with van der Waals surface area (Å²) < 4.78 is 32.1. The average Bonchev–Trinajstić information content (AvgIpc) is 2.76. The van der Waals surface area contributed by atoms with E-state index >= 15 is 0 Å². The molecule has 1 heterocycles. The molecule has 3 rings (SSSR count). The van der Waals surface area contributed by atoms with E-state index in [1.807, 2.05) is 19.1 Å². The van der Waals surface area contributed by atoms with Crippen LogP contribution in [0.3, 0.4) is 0 Å². The lowest BCUT2D eigenvalue weighted by Gasteiger charge is -2.13. The first kappa shape index (κ1) is 23.0. The van der Waals surface area contributed by atoms with Crippen LogP contribution in [0.5, 0.6) is 0 Å². The Kier molecular flexibility index (Phi) is 7.87. The van der Waals surface area contributed by atoms with Gasteiger partial charge in [0.2, 0.25) is 0 Å². The van der Waals surface area contributed by atoms with Crippen molar-refractivity contribution in [3.63, 3.8) is 0 Å². The normalized spacial score (nSPS) is 10.7. The van der Waals surface area contributed by atoms with Crippen molar-refractivity contribution in [1.29, 1.82) is 0 Å². The number of pyridine rings is 1. The van der Waals surface area contributed by atoms with Crippen molar-refractivity contribution in [3.8, 4) is 11.1 Å². The molecule has 0 atom stereocenters. The van der Waals surface area contributed by atoms with Gasteiger partial charge in [-0.2, -0.15) is 0 Å². The Balaban J connectivity index is 1.91. The van der Waals surface area contributed by atoms with Crippen LogP contribution in [0.2, 0.25) is 5.02 Å². The number of nitrogens with zero attached hydrogens (tertiary/aromatic N) is 1. The summed E-state index contributed by atoms with van der Waals surface area (Å²) in [6, 6.07) is 11.4. The van der Waals surface area contributed by atoms with E-state index in [0.29, 0.717) is 16.4 Å². The maximum absolute atomic E-state index is 14.9. The van der Waals surface area contributed by atoms with Crippen LogP contribution in [0.15, 0.2) is 48.7 Å². The number of hydrogen-bond acceptors (Lipinski definition) is 5. The summed E-state index contributed by atoms with van der Waals surface area (Å²) in [6.45, 7) is 2.00. The van der Waals surface area contributed by atoms with Crippen LogP contribution in [-0.4, -0.2) is 23.6 Å². The van der Waals surface area contributed by atoms with Gasteiger partial charge in [0.1, 0.15) is 11.6 Å². The van der Waals surface area contributed by atoms with Gasteiger partial charge in [-0.25, -0.2) is 13.8 Å². The minimum Gasteiger partial charge on any atom is -0.373 e. The number of ketones is 1. The first-order valence-electron chi connectivity index (χ1n) is 9.76. The van der Waals surface area contributed by atoms with Gasteiger partial charge in [-0.05, 0) is 42.3 Å². The Morgan fingerprint density at radius 2 is 1.87 bits per heavy atom. The van der Waals surface area contributed by atoms with E-state index in [-0.39, 0.29) is 12.1 Å². The van der Waals surface area contributed by atoms with E-state index in [9.17, 15) is 13.6 Å². The van der Waals surface area contributed by atoms with Gasteiger partial charge >= 0.3 is 0 Å². The number of anilines is 2. The van der Waals surface area contributed by atoms with Crippen molar-refractivity contribution in [2.75, 3.05) is 22.8 Å². The Morgan fingerprint density at radius 1 is 1.13 bits per heavy atom. The Morgan fingerprint density at radius 3 is 2.55 bits per heavy atom. The quantitative estimate of drug-likeness (QED) is 0.213. The fourth-order valence-corrected chi connectivity index (χ4v) is 3.79. The van der Waals surface area contributed by atoms with E-state index in [2.05, 4.69) is 15.0 Å². The van der Waals surface area contributed by atoms with Gasteiger partial charge in [-0.3, -0.25) is 4.79 Å². The standard InChI is InChI=1S/C23H22ClF2N3OS/c1-3-10-31-29-19-9-8-18(25)21(22(19)26)20(30)12-15-11-16(13-28-23(15)27-2)14-4-6-17(24)7-5-14/h4-9,11,13,29H,3,10,12H2,1-2H3,(H,27,28). The number of hydrogen-bond donors (Lipinski definition) is 2. The van der Waals surface area contributed by atoms with E-state index in [0.717, 1.165) is 29.4 Å². The van der Waals surface area contributed by atoms with E-state index in [1.54, 1.807) is 31.4 Å². The van der Waals surface area contributed by atoms with Crippen molar-refractivity contribution < 1.29 is 13.6 Å². The van der Waals surface area contributed by atoms with Crippen LogP contribution in [0.1, 0.15) is 29.3 Å². The number of carbonyl (C=O) groups is 1. The summed E-state index contributed by atoms with van der Waals surface area (Å²) in [7, 11) is 1.68. The van der Waals surface area contributed by atoms with Crippen molar-refractivity contribution >= 4 is 40.8 Å². The fraction of sp³-hybridized carbons (Fsp3) is 0.217. The lowest BCUT2D eigenvalue weighted by Crippen LogP contribution is -2.12. The molecule has 0 amide bonds. The summed E-state index contributed by atoms with van der Waals surface area (Å²) in [5, 5.41) is 3.53. The highest BCUT2D eigenvalue weighted by Gasteiger charge is 2.22. The molecule has 2 aromatic carbocycles. The van der Waals surface area contributed by atoms with Gasteiger partial charge < -0.3 is 10.0 Å². The Bertz CT molecular complexity index is 1080. The summed E-state index contributed by atoms with van der Waals surface area (Å²) >= 11 is 7.25. The highest BCUT2D eigenvalue weighted by Crippen LogP contribution is 2.28. The number of nitrogens with one attached hydrogen (secondary N) is 2. The molecule has 3 aromatic rings. The summed E-state index contributed by atoms with van der Waals surface area (Å²) in [5.74, 6) is -1.21. The third-order valence-corrected chi connectivity index (χ3v) is 5.82. The second-order valence-electron chi connectivity index (χ2n) is 6.82. The third-order valence-electron chi connectivity index (χ3n) is 4.59. The number of aromatic nitrogens is 1. The van der Waals surface area contributed by atoms with E-state index in [1.165, 1.54) is 18.0 Å². The average molecular weight is 462 g/mol. The van der Waals surface area contributed by atoms with Crippen molar-refractivity contribution in [2.45, 2.75) is 19.8 Å². The molecule has 0 saturated heterocycles. The second-order valence-corrected chi connectivity index (χ2v) is 8.16. The lowest BCUT2D eigenvalue weighted by atomic mass is 9.99. The van der Waals surface area contributed by atoms with Crippen LogP contribution in [-0.2, 0) is 6.42 Å². The highest BCUT2D eigenvalue weighted by molar-refractivity contribution is 8.00. The van der Waals surface area contributed by atoms with Gasteiger partial charge in [-0.15, -0.1) is 0 Å². The van der Waals surface area contributed by atoms with Gasteiger partial charge in [-0.1, -0.05) is 42.6 Å². The highest BCUT2D eigenvalue weighted by atomic mass is 35.5. The molecule has 8 heteroatoms. The minimum absolute atomic E-state index is 0.0880. The van der Waals surface area contributed by atoms with Crippen LogP contribution in [0.4, 0.5) is 20.3 Å². The van der Waals surface area contributed by atoms with E-state index < -0.39 is 23.0 Å². The number of Topliss-reactive ketones (excluding diaryl/α,β-unsaturated/α-hetero) is 1. The number of halogens is 3. The predicted octanol–water partition coefficient (Wildman–Crippen LogP) is 6.62. The molecule has 0 aliphatic heterocycles. The van der Waals surface area contributed by atoms with Gasteiger partial charge in [0, 0.05) is 41.6 Å². The number of carbonyl (C=O) groups excluding carboxylic acids is 1.